The van der Waals surface area contributed by atoms with Crippen LogP contribution in [0.15, 0.2) is 24.3 Å². The average Bonchev–Trinajstić information content (AvgIpc) is 2.49. The fraction of sp³-hybridized carbons (Fsp3) is 0.500. The van der Waals surface area contributed by atoms with E-state index in [4.69, 9.17) is 5.11 Å². The van der Waals surface area contributed by atoms with Crippen LogP contribution in [0, 0.1) is 17.7 Å². The van der Waals surface area contributed by atoms with E-state index in [1.165, 1.54) is 6.07 Å². The second kappa shape index (κ2) is 6.70. The molecule has 0 radical (unpaired) electrons. The van der Waals surface area contributed by atoms with Crippen molar-refractivity contribution in [2.24, 2.45) is 11.8 Å². The number of aliphatic carboxylic acids is 1. The number of carboxylic acids is 1. The molecule has 1 aromatic rings. The number of carbonyl (C=O) groups excluding carboxylic acids is 1. The van der Waals surface area contributed by atoms with Gasteiger partial charge >= 0.3 is 5.97 Å². The summed E-state index contributed by atoms with van der Waals surface area (Å²) >= 11 is 0. The normalized spacial score (nSPS) is 17.5. The van der Waals surface area contributed by atoms with Gasteiger partial charge in [0.15, 0.2) is 0 Å². The van der Waals surface area contributed by atoms with E-state index in [0.29, 0.717) is 37.9 Å². The van der Waals surface area contributed by atoms with E-state index in [1.54, 1.807) is 30.0 Å². The molecule has 0 aliphatic carbocycles. The first-order valence-electron chi connectivity index (χ1n) is 7.24. The molecule has 2 rings (SSSR count). The second-order valence-electron chi connectivity index (χ2n) is 5.63. The maximum absolute atomic E-state index is 13.6. The van der Waals surface area contributed by atoms with E-state index in [9.17, 15) is 14.0 Å². The Kier molecular flexibility index (Phi) is 4.94. The highest BCUT2D eigenvalue weighted by atomic mass is 19.1. The fourth-order valence-corrected chi connectivity index (χ4v) is 2.74. The maximum atomic E-state index is 13.6. The standard InChI is InChI=1S/C16H20FNO3/c1-11(10-13-4-2-3-5-14(13)17)15(19)18-8-6-12(7-9-18)16(20)21/h2-5,11-12H,6-10H2,1H3,(H,20,21). The lowest BCUT2D eigenvalue weighted by atomic mass is 9.94. The zero-order valence-corrected chi connectivity index (χ0v) is 12.1. The predicted octanol–water partition coefficient (Wildman–Crippen LogP) is 2.33. The third-order valence-electron chi connectivity index (χ3n) is 4.06. The lowest BCUT2D eigenvalue weighted by Crippen LogP contribution is -2.43. The molecule has 1 aliphatic heterocycles. The van der Waals surface area contributed by atoms with Crippen molar-refractivity contribution in [2.45, 2.75) is 26.2 Å². The van der Waals surface area contributed by atoms with Crippen LogP contribution in [0.3, 0.4) is 0 Å². The van der Waals surface area contributed by atoms with Crippen LogP contribution in [0.25, 0.3) is 0 Å². The summed E-state index contributed by atoms with van der Waals surface area (Å²) in [6, 6.07) is 6.47. The van der Waals surface area contributed by atoms with Crippen molar-refractivity contribution in [3.8, 4) is 0 Å². The number of halogens is 1. The van der Waals surface area contributed by atoms with Gasteiger partial charge in [-0.15, -0.1) is 0 Å². The first-order valence-corrected chi connectivity index (χ1v) is 7.24. The molecule has 1 saturated heterocycles. The molecule has 0 aromatic heterocycles. The van der Waals surface area contributed by atoms with Crippen molar-refractivity contribution in [1.82, 2.24) is 4.90 Å². The second-order valence-corrected chi connectivity index (χ2v) is 5.63. The first-order chi connectivity index (χ1) is 9.99. The van der Waals surface area contributed by atoms with Gasteiger partial charge in [0.25, 0.3) is 0 Å². The molecule has 0 bridgehead atoms. The SMILES string of the molecule is CC(Cc1ccccc1F)C(=O)N1CCC(C(=O)O)CC1. The number of carbonyl (C=O) groups is 2. The average molecular weight is 293 g/mol. The monoisotopic (exact) mass is 293 g/mol. The molecule has 4 nitrogen and oxygen atoms in total. The predicted molar refractivity (Wildman–Crippen MR) is 76.2 cm³/mol. The molecule has 0 saturated carbocycles. The smallest absolute Gasteiger partial charge is 0.306 e. The van der Waals surface area contributed by atoms with Gasteiger partial charge in [0.2, 0.25) is 5.91 Å². The number of carboxylic acid groups (broad SMARTS) is 1. The minimum absolute atomic E-state index is 0.0258. The largest absolute Gasteiger partial charge is 0.481 e. The highest BCUT2D eigenvalue weighted by Gasteiger charge is 2.29. The van der Waals surface area contributed by atoms with Gasteiger partial charge in [0.1, 0.15) is 5.82 Å². The highest BCUT2D eigenvalue weighted by molar-refractivity contribution is 5.79. The number of benzene rings is 1. The number of amides is 1. The Morgan fingerprint density at radius 3 is 2.52 bits per heavy atom. The molecule has 5 heteroatoms. The van der Waals surface area contributed by atoms with Crippen molar-refractivity contribution in [2.75, 3.05) is 13.1 Å². The van der Waals surface area contributed by atoms with Crippen LogP contribution < -0.4 is 0 Å². The summed E-state index contributed by atoms with van der Waals surface area (Å²) in [5.74, 6) is -1.76. The Bertz CT molecular complexity index is 524. The Morgan fingerprint density at radius 2 is 1.95 bits per heavy atom. The summed E-state index contributed by atoms with van der Waals surface area (Å²) in [7, 11) is 0. The third-order valence-corrected chi connectivity index (χ3v) is 4.06. The van der Waals surface area contributed by atoms with E-state index in [2.05, 4.69) is 0 Å². The molecule has 1 unspecified atom stereocenters. The Morgan fingerprint density at radius 1 is 1.33 bits per heavy atom. The molecule has 1 N–H and O–H groups in total. The molecule has 21 heavy (non-hydrogen) atoms. The summed E-state index contributed by atoms with van der Waals surface area (Å²) in [6.45, 7) is 2.73. The first kappa shape index (κ1) is 15.5. The molecule has 1 heterocycles. The quantitative estimate of drug-likeness (QED) is 0.927. The molecule has 1 aromatic carbocycles. The highest BCUT2D eigenvalue weighted by Crippen LogP contribution is 2.21. The van der Waals surface area contributed by atoms with E-state index in [0.717, 1.165) is 0 Å². The minimum atomic E-state index is -0.790. The lowest BCUT2D eigenvalue weighted by molar-refractivity contribution is -0.146. The molecule has 1 aliphatic rings. The summed E-state index contributed by atoms with van der Waals surface area (Å²) < 4.78 is 13.6. The topological polar surface area (TPSA) is 57.6 Å². The summed E-state index contributed by atoms with van der Waals surface area (Å²) in [6.07, 6.45) is 1.35. The Hall–Kier alpha value is -1.91. The third kappa shape index (κ3) is 3.80. The van der Waals surface area contributed by atoms with Crippen LogP contribution in [-0.4, -0.2) is 35.0 Å². The van der Waals surface area contributed by atoms with Crippen LogP contribution in [0.1, 0.15) is 25.3 Å². The van der Waals surface area contributed by atoms with Gasteiger partial charge in [-0.25, -0.2) is 4.39 Å². The molecular formula is C16H20FNO3. The summed E-state index contributed by atoms with van der Waals surface area (Å²) in [5, 5.41) is 8.95. The molecule has 0 spiro atoms. The van der Waals surface area contributed by atoms with E-state index in [1.807, 2.05) is 0 Å². The van der Waals surface area contributed by atoms with E-state index in [-0.39, 0.29) is 23.6 Å². The minimum Gasteiger partial charge on any atom is -0.481 e. The lowest BCUT2D eigenvalue weighted by Gasteiger charge is -2.32. The van der Waals surface area contributed by atoms with Crippen molar-refractivity contribution >= 4 is 11.9 Å². The zero-order valence-electron chi connectivity index (χ0n) is 12.1. The van der Waals surface area contributed by atoms with Gasteiger partial charge in [0.05, 0.1) is 5.92 Å². The van der Waals surface area contributed by atoms with Gasteiger partial charge < -0.3 is 10.0 Å². The number of hydrogen-bond acceptors (Lipinski definition) is 2. The Balaban J connectivity index is 1.92. The molecule has 114 valence electrons. The molecule has 1 amide bonds. The van der Waals surface area contributed by atoms with Gasteiger partial charge in [-0.1, -0.05) is 25.1 Å². The fourth-order valence-electron chi connectivity index (χ4n) is 2.74. The van der Waals surface area contributed by atoms with Crippen LogP contribution in [-0.2, 0) is 16.0 Å². The number of nitrogens with zero attached hydrogens (tertiary/aromatic N) is 1. The Labute approximate surface area is 123 Å². The van der Waals surface area contributed by atoms with Crippen LogP contribution >= 0.6 is 0 Å². The summed E-state index contributed by atoms with van der Waals surface area (Å²) in [4.78, 5) is 24.9. The van der Waals surface area contributed by atoms with Gasteiger partial charge in [-0.3, -0.25) is 9.59 Å². The maximum Gasteiger partial charge on any atom is 0.306 e. The zero-order chi connectivity index (χ0) is 15.4. The van der Waals surface area contributed by atoms with E-state index < -0.39 is 5.97 Å². The molecular weight excluding hydrogens is 273 g/mol. The van der Waals surface area contributed by atoms with Crippen molar-refractivity contribution in [3.05, 3.63) is 35.6 Å². The van der Waals surface area contributed by atoms with Crippen molar-refractivity contribution in [1.29, 1.82) is 0 Å². The van der Waals surface area contributed by atoms with Crippen LogP contribution in [0.4, 0.5) is 4.39 Å². The number of hydrogen-bond donors (Lipinski definition) is 1. The number of likely N-dealkylation sites (tertiary alicyclic amines) is 1. The molecule has 1 atom stereocenters. The van der Waals surface area contributed by atoms with Crippen LogP contribution in [0.5, 0.6) is 0 Å². The number of piperidine rings is 1. The van der Waals surface area contributed by atoms with Gasteiger partial charge in [-0.05, 0) is 30.9 Å². The van der Waals surface area contributed by atoms with Crippen molar-refractivity contribution in [3.63, 3.8) is 0 Å². The molecule has 1 fully saturated rings. The van der Waals surface area contributed by atoms with Gasteiger partial charge in [-0.2, -0.15) is 0 Å². The number of rotatable bonds is 4. The van der Waals surface area contributed by atoms with Gasteiger partial charge in [0, 0.05) is 19.0 Å². The summed E-state index contributed by atoms with van der Waals surface area (Å²) in [5.41, 5.74) is 0.541. The van der Waals surface area contributed by atoms with E-state index >= 15 is 0 Å². The van der Waals surface area contributed by atoms with Crippen LogP contribution in [0.2, 0.25) is 0 Å². The van der Waals surface area contributed by atoms with Crippen molar-refractivity contribution < 1.29 is 19.1 Å².